The van der Waals surface area contributed by atoms with Gasteiger partial charge in [-0.1, -0.05) is 34.1 Å². The molecule has 0 aliphatic rings. The van der Waals surface area contributed by atoms with E-state index in [2.05, 4.69) is 15.9 Å². The van der Waals surface area contributed by atoms with E-state index in [0.717, 1.165) is 10.0 Å². The molecule has 0 unspecified atom stereocenters. The van der Waals surface area contributed by atoms with Gasteiger partial charge in [0.2, 0.25) is 0 Å². The maximum Gasteiger partial charge on any atom is 0.253 e. The molecule has 0 bridgehead atoms. The highest BCUT2D eigenvalue weighted by Gasteiger charge is 2.12. The lowest BCUT2D eigenvalue weighted by Crippen LogP contribution is -2.26. The highest BCUT2D eigenvalue weighted by molar-refractivity contribution is 9.10. The summed E-state index contributed by atoms with van der Waals surface area (Å²) in [6.07, 6.45) is 0. The Morgan fingerprint density at radius 2 is 1.95 bits per heavy atom. The normalized spacial score (nSPS) is 10.2. The molecule has 98 valence electrons. The van der Waals surface area contributed by atoms with Crippen LogP contribution in [0.5, 0.6) is 0 Å². The lowest BCUT2D eigenvalue weighted by atomic mass is 10.1. The smallest absolute Gasteiger partial charge is 0.253 e. The number of benzene rings is 2. The van der Waals surface area contributed by atoms with Crippen molar-refractivity contribution in [1.82, 2.24) is 4.90 Å². The van der Waals surface area contributed by atoms with Crippen LogP contribution < -0.4 is 5.73 Å². The molecule has 2 N–H and O–H groups in total. The van der Waals surface area contributed by atoms with Gasteiger partial charge in [-0.3, -0.25) is 4.79 Å². The molecule has 2 aromatic carbocycles. The Bertz CT molecular complexity index is 598. The molecular formula is C15H15BrN2O. The standard InChI is InChI=1S/C15H15BrN2O/c1-18(10-11-4-2-7-14(17)8-11)15(19)12-5-3-6-13(16)9-12/h2-9H,10,17H2,1H3. The summed E-state index contributed by atoms with van der Waals surface area (Å²) in [5.74, 6) is -0.0104. The number of carbonyl (C=O) groups is 1. The van der Waals surface area contributed by atoms with Crippen LogP contribution in [0.1, 0.15) is 15.9 Å². The monoisotopic (exact) mass is 318 g/mol. The van der Waals surface area contributed by atoms with Crippen molar-refractivity contribution < 1.29 is 4.79 Å². The molecule has 2 rings (SSSR count). The van der Waals surface area contributed by atoms with E-state index in [1.54, 1.807) is 11.9 Å². The zero-order valence-electron chi connectivity index (χ0n) is 10.6. The third-order valence-electron chi connectivity index (χ3n) is 2.79. The molecule has 0 saturated heterocycles. The van der Waals surface area contributed by atoms with Gasteiger partial charge in [-0.2, -0.15) is 0 Å². The van der Waals surface area contributed by atoms with E-state index in [4.69, 9.17) is 5.73 Å². The molecule has 0 spiro atoms. The van der Waals surface area contributed by atoms with Gasteiger partial charge in [0, 0.05) is 29.3 Å². The van der Waals surface area contributed by atoms with Crippen LogP contribution in [0, 0.1) is 0 Å². The van der Waals surface area contributed by atoms with Crippen molar-refractivity contribution in [2.24, 2.45) is 0 Å². The summed E-state index contributed by atoms with van der Waals surface area (Å²) in [5, 5.41) is 0. The molecule has 0 atom stereocenters. The number of halogens is 1. The van der Waals surface area contributed by atoms with Gasteiger partial charge in [-0.05, 0) is 35.9 Å². The highest BCUT2D eigenvalue weighted by atomic mass is 79.9. The quantitative estimate of drug-likeness (QED) is 0.882. The molecule has 0 saturated carbocycles. The van der Waals surface area contributed by atoms with Gasteiger partial charge >= 0.3 is 0 Å². The van der Waals surface area contributed by atoms with E-state index in [9.17, 15) is 4.79 Å². The van der Waals surface area contributed by atoms with Gasteiger partial charge in [0.05, 0.1) is 0 Å². The minimum absolute atomic E-state index is 0.0104. The molecule has 0 aromatic heterocycles. The molecule has 19 heavy (non-hydrogen) atoms. The summed E-state index contributed by atoms with van der Waals surface area (Å²) in [5.41, 5.74) is 8.13. The van der Waals surface area contributed by atoms with Crippen LogP contribution in [0.25, 0.3) is 0 Å². The molecule has 3 nitrogen and oxygen atoms in total. The molecule has 0 aliphatic carbocycles. The first-order valence-electron chi connectivity index (χ1n) is 5.92. The third-order valence-corrected chi connectivity index (χ3v) is 3.28. The Hall–Kier alpha value is -1.81. The van der Waals surface area contributed by atoms with E-state index in [1.165, 1.54) is 0 Å². The molecular weight excluding hydrogens is 304 g/mol. The lowest BCUT2D eigenvalue weighted by Gasteiger charge is -2.17. The number of nitrogens with two attached hydrogens (primary N) is 1. The van der Waals surface area contributed by atoms with Crippen LogP contribution in [0.4, 0.5) is 5.69 Å². The van der Waals surface area contributed by atoms with E-state index in [1.807, 2.05) is 48.5 Å². The SMILES string of the molecule is CN(Cc1cccc(N)c1)C(=O)c1cccc(Br)c1. The van der Waals surface area contributed by atoms with Crippen molar-refractivity contribution >= 4 is 27.5 Å². The van der Waals surface area contributed by atoms with Gasteiger partial charge in [0.25, 0.3) is 5.91 Å². The summed E-state index contributed by atoms with van der Waals surface area (Å²) in [6, 6.07) is 14.9. The number of carbonyl (C=O) groups excluding carboxylic acids is 1. The number of anilines is 1. The fraction of sp³-hybridized carbons (Fsp3) is 0.133. The zero-order chi connectivity index (χ0) is 13.8. The van der Waals surface area contributed by atoms with Crippen LogP contribution in [-0.4, -0.2) is 17.9 Å². The Kier molecular flexibility index (Phi) is 4.22. The number of hydrogen-bond acceptors (Lipinski definition) is 2. The first-order chi connectivity index (χ1) is 9.06. The number of amides is 1. The average Bonchev–Trinajstić information content (AvgIpc) is 2.38. The Morgan fingerprint density at radius 3 is 2.63 bits per heavy atom. The fourth-order valence-electron chi connectivity index (χ4n) is 1.88. The van der Waals surface area contributed by atoms with Gasteiger partial charge in [0.15, 0.2) is 0 Å². The molecule has 1 amide bonds. The summed E-state index contributed by atoms with van der Waals surface area (Å²) in [4.78, 5) is 13.9. The van der Waals surface area contributed by atoms with Gasteiger partial charge in [0.1, 0.15) is 0 Å². The van der Waals surface area contributed by atoms with Crippen molar-refractivity contribution in [1.29, 1.82) is 0 Å². The van der Waals surface area contributed by atoms with E-state index < -0.39 is 0 Å². The molecule has 0 heterocycles. The average molecular weight is 319 g/mol. The van der Waals surface area contributed by atoms with Crippen LogP contribution in [0.2, 0.25) is 0 Å². The second-order valence-electron chi connectivity index (χ2n) is 4.42. The molecule has 4 heteroatoms. The Balaban J connectivity index is 2.12. The van der Waals surface area contributed by atoms with E-state index in [0.29, 0.717) is 17.8 Å². The van der Waals surface area contributed by atoms with E-state index >= 15 is 0 Å². The molecule has 0 aliphatic heterocycles. The van der Waals surface area contributed by atoms with Crippen molar-refractivity contribution in [3.8, 4) is 0 Å². The summed E-state index contributed by atoms with van der Waals surface area (Å²) >= 11 is 3.37. The largest absolute Gasteiger partial charge is 0.399 e. The Morgan fingerprint density at radius 1 is 1.21 bits per heavy atom. The fourth-order valence-corrected chi connectivity index (χ4v) is 2.28. The number of rotatable bonds is 3. The minimum atomic E-state index is -0.0104. The second-order valence-corrected chi connectivity index (χ2v) is 5.33. The maximum absolute atomic E-state index is 12.3. The van der Waals surface area contributed by atoms with Crippen molar-refractivity contribution in [3.63, 3.8) is 0 Å². The predicted molar refractivity (Wildman–Crippen MR) is 80.8 cm³/mol. The van der Waals surface area contributed by atoms with Crippen LogP contribution in [-0.2, 0) is 6.54 Å². The predicted octanol–water partition coefficient (Wildman–Crippen LogP) is 3.30. The zero-order valence-corrected chi connectivity index (χ0v) is 12.2. The lowest BCUT2D eigenvalue weighted by molar-refractivity contribution is 0.0785. The first kappa shape index (κ1) is 13.6. The van der Waals surface area contributed by atoms with Gasteiger partial charge in [-0.25, -0.2) is 0 Å². The molecule has 0 radical (unpaired) electrons. The number of hydrogen-bond donors (Lipinski definition) is 1. The van der Waals surface area contributed by atoms with Crippen molar-refractivity contribution in [2.75, 3.05) is 12.8 Å². The van der Waals surface area contributed by atoms with E-state index in [-0.39, 0.29) is 5.91 Å². The first-order valence-corrected chi connectivity index (χ1v) is 6.71. The second kappa shape index (κ2) is 5.89. The van der Waals surface area contributed by atoms with Gasteiger partial charge in [-0.15, -0.1) is 0 Å². The van der Waals surface area contributed by atoms with Gasteiger partial charge < -0.3 is 10.6 Å². The minimum Gasteiger partial charge on any atom is -0.399 e. The maximum atomic E-state index is 12.3. The summed E-state index contributed by atoms with van der Waals surface area (Å²) in [6.45, 7) is 0.538. The topological polar surface area (TPSA) is 46.3 Å². The van der Waals surface area contributed by atoms with Crippen LogP contribution >= 0.6 is 15.9 Å². The number of nitrogens with zero attached hydrogens (tertiary/aromatic N) is 1. The molecule has 0 fully saturated rings. The summed E-state index contributed by atoms with van der Waals surface area (Å²) in [7, 11) is 1.78. The summed E-state index contributed by atoms with van der Waals surface area (Å²) < 4.78 is 0.899. The molecule has 2 aromatic rings. The van der Waals surface area contributed by atoms with Crippen LogP contribution in [0.15, 0.2) is 53.0 Å². The number of nitrogen functional groups attached to an aromatic ring is 1. The third kappa shape index (κ3) is 3.58. The van der Waals surface area contributed by atoms with Crippen LogP contribution in [0.3, 0.4) is 0 Å². The highest BCUT2D eigenvalue weighted by Crippen LogP contribution is 2.15. The Labute approximate surface area is 121 Å². The van der Waals surface area contributed by atoms with Crippen molar-refractivity contribution in [2.45, 2.75) is 6.54 Å². The van der Waals surface area contributed by atoms with Crippen molar-refractivity contribution in [3.05, 3.63) is 64.1 Å².